The van der Waals surface area contributed by atoms with Gasteiger partial charge in [0.2, 0.25) is 11.8 Å². The predicted molar refractivity (Wildman–Crippen MR) is 274 cm³/mol. The van der Waals surface area contributed by atoms with Crippen LogP contribution < -0.4 is 16.4 Å². The highest BCUT2D eigenvalue weighted by molar-refractivity contribution is 8.13. The summed E-state index contributed by atoms with van der Waals surface area (Å²) < 4.78 is 62.5. The minimum absolute atomic E-state index is 0.0316. The van der Waals surface area contributed by atoms with Gasteiger partial charge < -0.3 is 50.9 Å². The summed E-state index contributed by atoms with van der Waals surface area (Å²) in [7, 11) is -16.4. The maximum atomic E-state index is 12.8. The number of amides is 2. The number of allylic oxidation sites excluding steroid dienone is 8. The smallest absolute Gasteiger partial charge is 0.386 e. The van der Waals surface area contributed by atoms with Crippen LogP contribution in [0.2, 0.25) is 0 Å². The van der Waals surface area contributed by atoms with Gasteiger partial charge in [-0.15, -0.1) is 0 Å². The van der Waals surface area contributed by atoms with Gasteiger partial charge in [-0.05, 0) is 51.4 Å². The fourth-order valence-electron chi connectivity index (χ4n) is 6.99. The number of imidazole rings is 1. The van der Waals surface area contributed by atoms with Crippen molar-refractivity contribution >= 4 is 69.1 Å². The molecule has 3 heterocycles. The molecule has 0 spiro atoms. The molecule has 0 radical (unpaired) electrons. The lowest BCUT2D eigenvalue weighted by molar-refractivity contribution is -0.137. The molecule has 73 heavy (non-hydrogen) atoms. The second-order valence-corrected chi connectivity index (χ2v) is 23.1. The van der Waals surface area contributed by atoms with E-state index >= 15 is 0 Å². The molecule has 2 aromatic heterocycles. The maximum absolute atomic E-state index is 12.8. The molecule has 2 aromatic rings. The molecule has 1 aliphatic heterocycles. The number of nitrogens with zero attached hydrogens (tertiary/aromatic N) is 4. The summed E-state index contributed by atoms with van der Waals surface area (Å²) in [6.07, 6.45) is 25.2. The van der Waals surface area contributed by atoms with E-state index in [2.05, 4.69) is 90.0 Å². The molecular formula is C45H74N7O17P3S. The van der Waals surface area contributed by atoms with Gasteiger partial charge in [-0.25, -0.2) is 28.6 Å². The van der Waals surface area contributed by atoms with Crippen LogP contribution in [0.5, 0.6) is 0 Å². The first-order valence-corrected chi connectivity index (χ1v) is 29.7. The number of rotatable bonds is 37. The fraction of sp³-hybridized carbons (Fsp3) is 0.644. The average Bonchev–Trinajstić information content (AvgIpc) is 3.88. The van der Waals surface area contributed by atoms with E-state index in [-0.39, 0.29) is 41.6 Å². The topological polar surface area (TPSA) is 364 Å². The number of aliphatic hydroxyl groups is 2. The highest BCUT2D eigenvalue weighted by atomic mass is 32.2. The van der Waals surface area contributed by atoms with Crippen molar-refractivity contribution in [2.75, 3.05) is 37.8 Å². The number of phosphoric ester groups is 3. The van der Waals surface area contributed by atoms with Crippen LogP contribution >= 0.6 is 35.2 Å². The summed E-state index contributed by atoms with van der Waals surface area (Å²) in [6.45, 7) is 2.76. The molecule has 10 N–H and O–H groups in total. The Balaban J connectivity index is 1.25. The van der Waals surface area contributed by atoms with Crippen molar-refractivity contribution in [3.63, 3.8) is 0 Å². The number of nitrogens with two attached hydrogens (primary N) is 1. The molecule has 7 atom stereocenters. The molecule has 3 rings (SSSR count). The van der Waals surface area contributed by atoms with Crippen molar-refractivity contribution in [1.82, 2.24) is 30.2 Å². The van der Waals surface area contributed by atoms with Gasteiger partial charge in [0, 0.05) is 37.1 Å². The normalized spacial score (nSPS) is 19.8. The number of carbonyl (C=O) groups is 3. The molecule has 1 fully saturated rings. The monoisotopic (exact) mass is 1110 g/mol. The third-order valence-electron chi connectivity index (χ3n) is 11.0. The van der Waals surface area contributed by atoms with E-state index in [0.717, 1.165) is 86.8 Å². The van der Waals surface area contributed by atoms with Crippen LogP contribution in [0.15, 0.2) is 61.3 Å². The molecule has 412 valence electrons. The van der Waals surface area contributed by atoms with Gasteiger partial charge in [0.25, 0.3) is 0 Å². The molecular weight excluding hydrogens is 1040 g/mol. The first kappa shape index (κ1) is 63.8. The fourth-order valence-corrected chi connectivity index (χ4v) is 10.5. The Hall–Kier alpha value is -3.48. The van der Waals surface area contributed by atoms with Gasteiger partial charge in [0.05, 0.1) is 19.5 Å². The summed E-state index contributed by atoms with van der Waals surface area (Å²) >= 11 is 1.14. The summed E-state index contributed by atoms with van der Waals surface area (Å²) in [6, 6.07) is 0. The number of aliphatic hydroxyl groups excluding tert-OH is 2. The third kappa shape index (κ3) is 25.3. The molecule has 1 aliphatic rings. The number of nitrogen functional groups attached to an aromatic ring is 1. The quantitative estimate of drug-likeness (QED) is 0.0201. The van der Waals surface area contributed by atoms with E-state index < -0.39 is 84.6 Å². The Morgan fingerprint density at radius 2 is 1.44 bits per heavy atom. The van der Waals surface area contributed by atoms with Crippen LogP contribution in [0.4, 0.5) is 5.82 Å². The number of hydrogen-bond donors (Lipinski definition) is 9. The lowest BCUT2D eigenvalue weighted by Crippen LogP contribution is -2.46. The van der Waals surface area contributed by atoms with Crippen LogP contribution in [0.3, 0.4) is 0 Å². The average molecular weight is 1110 g/mol. The molecule has 0 aromatic carbocycles. The number of hydrogen-bond acceptors (Lipinski definition) is 18. The van der Waals surface area contributed by atoms with Crippen LogP contribution in [-0.4, -0.2) is 123 Å². The van der Waals surface area contributed by atoms with Crippen molar-refractivity contribution in [3.05, 3.63) is 61.3 Å². The second-order valence-electron chi connectivity index (χ2n) is 17.7. The summed E-state index contributed by atoms with van der Waals surface area (Å²) in [5.74, 6) is -1.05. The number of thioether (sulfide) groups is 1. The van der Waals surface area contributed by atoms with Gasteiger partial charge in [-0.1, -0.05) is 113 Å². The Kier molecular flexibility index (Phi) is 28.7. The zero-order valence-electron chi connectivity index (χ0n) is 41.6. The van der Waals surface area contributed by atoms with Crippen LogP contribution in [0.25, 0.3) is 11.2 Å². The summed E-state index contributed by atoms with van der Waals surface area (Å²) in [5, 5.41) is 26.7. The van der Waals surface area contributed by atoms with Gasteiger partial charge in [-0.2, -0.15) is 4.31 Å². The molecule has 28 heteroatoms. The first-order chi connectivity index (χ1) is 34.6. The number of phosphoric acid groups is 3. The zero-order chi connectivity index (χ0) is 53.9. The lowest BCUT2D eigenvalue weighted by atomic mass is 9.87. The predicted octanol–water partition coefficient (Wildman–Crippen LogP) is 6.37. The van der Waals surface area contributed by atoms with Gasteiger partial charge >= 0.3 is 23.5 Å². The lowest BCUT2D eigenvalue weighted by Gasteiger charge is -2.30. The number of nitrogens with one attached hydrogen (secondary N) is 2. The van der Waals surface area contributed by atoms with Crippen molar-refractivity contribution in [2.24, 2.45) is 5.41 Å². The van der Waals surface area contributed by atoms with E-state index in [1.807, 2.05) is 0 Å². The zero-order valence-corrected chi connectivity index (χ0v) is 45.1. The minimum atomic E-state index is -5.58. The molecule has 24 nitrogen and oxygen atoms in total. The minimum Gasteiger partial charge on any atom is -0.386 e. The van der Waals surface area contributed by atoms with Crippen LogP contribution in [0, 0.1) is 5.41 Å². The first-order valence-electron chi connectivity index (χ1n) is 24.2. The Bertz CT molecular complexity index is 2300. The van der Waals surface area contributed by atoms with E-state index in [0.29, 0.717) is 12.2 Å². The van der Waals surface area contributed by atoms with Gasteiger partial charge in [0.15, 0.2) is 22.8 Å². The van der Waals surface area contributed by atoms with Gasteiger partial charge in [0.1, 0.15) is 36.3 Å². The van der Waals surface area contributed by atoms with Crippen molar-refractivity contribution in [3.8, 4) is 0 Å². The molecule has 0 bridgehead atoms. The van der Waals surface area contributed by atoms with Crippen molar-refractivity contribution in [1.29, 1.82) is 0 Å². The highest BCUT2D eigenvalue weighted by Crippen LogP contribution is 2.61. The maximum Gasteiger partial charge on any atom is 0.481 e. The number of aromatic nitrogens is 4. The van der Waals surface area contributed by atoms with Crippen LogP contribution in [0.1, 0.15) is 123 Å². The number of anilines is 1. The van der Waals surface area contributed by atoms with Gasteiger partial charge in [-0.3, -0.25) is 32.5 Å². The Morgan fingerprint density at radius 1 is 0.836 bits per heavy atom. The van der Waals surface area contributed by atoms with Crippen LogP contribution in [-0.2, 0) is 50.7 Å². The highest BCUT2D eigenvalue weighted by Gasteiger charge is 2.50. The largest absolute Gasteiger partial charge is 0.481 e. The summed E-state index contributed by atoms with van der Waals surface area (Å²) in [5.41, 5.74) is 4.28. The number of ether oxygens (including phenoxy) is 1. The standard InChI is InChI=1S/C45H74N7O17P3S/c1-4-5-6-7-8-9-10-11-12-13-14-15-16-17-18-19-20-21-22-23-24-25-36(54)73-29-28-47-35(53)26-27-48-43(57)40(56)45(2,3)31-66-72(63,64)69-71(61,62)65-30-34-39(68-70(58,59)60)38(55)44(67-34)52-33-51-37-41(46)49-32-50-42(37)52/h8-9,11-12,14-15,17-18,32-34,38-40,44,55-56H,4-7,10,13,16,19-31H2,1-3H3,(H,47,53)(H,48,57)(H,61,62)(H,63,64)(H2,46,49,50)(H2,58,59,60)/b9-8+,12-11+,15-14+,18-17+. The molecule has 0 aliphatic carbocycles. The number of carbonyl (C=O) groups excluding carboxylic acids is 3. The van der Waals surface area contributed by atoms with E-state index in [9.17, 15) is 57.9 Å². The van der Waals surface area contributed by atoms with Crippen molar-refractivity contribution in [2.45, 2.75) is 148 Å². The molecule has 0 saturated carbocycles. The second kappa shape index (κ2) is 32.8. The summed E-state index contributed by atoms with van der Waals surface area (Å²) in [4.78, 5) is 88.5. The SMILES string of the molecule is CCCCC/C=C/C/C=C/C/C=C/C/C=C/CCCCCCCC(=O)SCCNC(=O)CCNC(=O)C(O)C(C)(C)COP(=O)(O)OP(=O)(O)OCC1OC(n2cnc3c(N)ncnc32)C(O)C1OP(=O)(O)O. The molecule has 7 unspecified atom stereocenters. The number of fused-ring (bicyclic) bond motifs is 1. The molecule has 2 amide bonds. The number of unbranched alkanes of at least 4 members (excludes halogenated alkanes) is 8. The van der Waals surface area contributed by atoms with Crippen molar-refractivity contribution < 1.29 is 80.5 Å². The third-order valence-corrected chi connectivity index (χ3v) is 15.0. The Morgan fingerprint density at radius 3 is 2.08 bits per heavy atom. The molecule has 1 saturated heterocycles. The van der Waals surface area contributed by atoms with E-state index in [1.165, 1.54) is 39.5 Å². The van der Waals surface area contributed by atoms with E-state index in [1.54, 1.807) is 0 Å². The van der Waals surface area contributed by atoms with E-state index in [4.69, 9.17) is 19.5 Å². The Labute approximate surface area is 430 Å².